The van der Waals surface area contributed by atoms with E-state index in [1.54, 1.807) is 0 Å². The van der Waals surface area contributed by atoms with E-state index in [1.807, 2.05) is 0 Å². The van der Waals surface area contributed by atoms with E-state index >= 15 is 0 Å². The highest BCUT2D eigenvalue weighted by Gasteiger charge is 2.32. The summed E-state index contributed by atoms with van der Waals surface area (Å²) < 4.78 is 0. The quantitative estimate of drug-likeness (QED) is 0.520. The monoisotopic (exact) mass is 140 g/mol. The number of rotatable bonds is 0. The third-order valence-corrected chi connectivity index (χ3v) is 2.99. The molecule has 10 heavy (non-hydrogen) atoms. The minimum atomic E-state index is 0.904. The van der Waals surface area contributed by atoms with Gasteiger partial charge in [0.1, 0.15) is 0 Å². The summed E-state index contributed by atoms with van der Waals surface area (Å²) in [7, 11) is 2.26. The summed E-state index contributed by atoms with van der Waals surface area (Å²) in [6, 6.07) is 0.904. The standard InChI is InChI=1S/C8H16N2/c1-10-5-3-7-6-9-4-2-8(7)10/h7-9H,2-6H2,1H3/t7-,8-/m0/s1. The van der Waals surface area contributed by atoms with Gasteiger partial charge >= 0.3 is 0 Å². The highest BCUT2D eigenvalue weighted by molar-refractivity contribution is 4.89. The van der Waals surface area contributed by atoms with Gasteiger partial charge in [-0.2, -0.15) is 0 Å². The van der Waals surface area contributed by atoms with Crippen LogP contribution in [0.15, 0.2) is 0 Å². The van der Waals surface area contributed by atoms with Crippen molar-refractivity contribution in [2.45, 2.75) is 18.9 Å². The van der Waals surface area contributed by atoms with Crippen molar-refractivity contribution in [1.82, 2.24) is 10.2 Å². The van der Waals surface area contributed by atoms with Crippen LogP contribution in [0.5, 0.6) is 0 Å². The first kappa shape index (κ1) is 6.62. The number of fused-ring (bicyclic) bond motifs is 1. The Morgan fingerprint density at radius 1 is 1.40 bits per heavy atom. The Morgan fingerprint density at radius 2 is 2.30 bits per heavy atom. The fourth-order valence-electron chi connectivity index (χ4n) is 2.32. The topological polar surface area (TPSA) is 15.3 Å². The molecule has 2 aliphatic rings. The van der Waals surface area contributed by atoms with Crippen LogP contribution in [-0.2, 0) is 0 Å². The van der Waals surface area contributed by atoms with Gasteiger partial charge in [0.05, 0.1) is 0 Å². The predicted molar refractivity (Wildman–Crippen MR) is 42.0 cm³/mol. The highest BCUT2D eigenvalue weighted by atomic mass is 15.2. The Morgan fingerprint density at radius 3 is 3.10 bits per heavy atom. The summed E-state index contributed by atoms with van der Waals surface area (Å²) in [5.41, 5.74) is 0. The maximum Gasteiger partial charge on any atom is 0.0145 e. The minimum absolute atomic E-state index is 0.904. The summed E-state index contributed by atoms with van der Waals surface area (Å²) >= 11 is 0. The van der Waals surface area contributed by atoms with E-state index in [0.717, 1.165) is 12.0 Å². The Balaban J connectivity index is 2.01. The van der Waals surface area contributed by atoms with E-state index < -0.39 is 0 Å². The lowest BCUT2D eigenvalue weighted by Gasteiger charge is -2.29. The molecule has 2 fully saturated rings. The summed E-state index contributed by atoms with van der Waals surface area (Å²) in [6.07, 6.45) is 2.77. The molecule has 0 aromatic rings. The average Bonchev–Trinajstić information content (AvgIpc) is 2.34. The summed E-state index contributed by atoms with van der Waals surface area (Å²) in [5, 5.41) is 3.45. The van der Waals surface area contributed by atoms with Gasteiger partial charge in [-0.15, -0.1) is 0 Å². The van der Waals surface area contributed by atoms with Crippen LogP contribution in [0.4, 0.5) is 0 Å². The molecule has 0 spiro atoms. The molecule has 1 N–H and O–H groups in total. The molecule has 2 nitrogen and oxygen atoms in total. The van der Waals surface area contributed by atoms with Crippen molar-refractivity contribution in [2.75, 3.05) is 26.7 Å². The van der Waals surface area contributed by atoms with Crippen molar-refractivity contribution in [3.05, 3.63) is 0 Å². The molecule has 2 saturated heterocycles. The second-order valence-corrected chi connectivity index (χ2v) is 3.59. The van der Waals surface area contributed by atoms with Crippen molar-refractivity contribution in [2.24, 2.45) is 5.92 Å². The van der Waals surface area contributed by atoms with Crippen LogP contribution in [-0.4, -0.2) is 37.6 Å². The smallest absolute Gasteiger partial charge is 0.0145 e. The van der Waals surface area contributed by atoms with E-state index in [9.17, 15) is 0 Å². The minimum Gasteiger partial charge on any atom is -0.316 e. The Labute approximate surface area is 62.6 Å². The summed E-state index contributed by atoms with van der Waals surface area (Å²) in [4.78, 5) is 2.52. The molecule has 0 saturated carbocycles. The molecule has 0 radical (unpaired) electrons. The van der Waals surface area contributed by atoms with Gasteiger partial charge in [-0.3, -0.25) is 0 Å². The van der Waals surface area contributed by atoms with Crippen molar-refractivity contribution in [3.63, 3.8) is 0 Å². The van der Waals surface area contributed by atoms with E-state index in [4.69, 9.17) is 0 Å². The molecule has 0 amide bonds. The molecule has 58 valence electrons. The number of nitrogens with zero attached hydrogens (tertiary/aromatic N) is 1. The van der Waals surface area contributed by atoms with Gasteiger partial charge in [-0.05, 0) is 45.4 Å². The van der Waals surface area contributed by atoms with Gasteiger partial charge in [0.25, 0.3) is 0 Å². The number of nitrogens with one attached hydrogen (secondary N) is 1. The SMILES string of the molecule is CN1CC[C@H]2CNCC[C@@H]21. The summed E-state index contributed by atoms with van der Waals surface area (Å²) in [6.45, 7) is 3.80. The fourth-order valence-corrected chi connectivity index (χ4v) is 2.32. The van der Waals surface area contributed by atoms with Gasteiger partial charge in [-0.25, -0.2) is 0 Å². The lowest BCUT2D eigenvalue weighted by molar-refractivity contribution is 0.225. The van der Waals surface area contributed by atoms with Gasteiger partial charge < -0.3 is 10.2 Å². The van der Waals surface area contributed by atoms with E-state index in [1.165, 1.54) is 32.5 Å². The van der Waals surface area contributed by atoms with Crippen molar-refractivity contribution < 1.29 is 0 Å². The molecule has 2 rings (SSSR count). The van der Waals surface area contributed by atoms with Crippen LogP contribution in [0.25, 0.3) is 0 Å². The maximum absolute atomic E-state index is 3.45. The first-order valence-corrected chi connectivity index (χ1v) is 4.29. The van der Waals surface area contributed by atoms with Crippen molar-refractivity contribution in [1.29, 1.82) is 0 Å². The zero-order valence-corrected chi connectivity index (χ0v) is 6.64. The van der Waals surface area contributed by atoms with Gasteiger partial charge in [0.15, 0.2) is 0 Å². The van der Waals surface area contributed by atoms with Gasteiger partial charge in [-0.1, -0.05) is 0 Å². The average molecular weight is 140 g/mol. The molecule has 2 heterocycles. The number of hydrogen-bond acceptors (Lipinski definition) is 2. The number of likely N-dealkylation sites (tertiary alicyclic amines) is 1. The molecule has 2 aliphatic heterocycles. The van der Waals surface area contributed by atoms with Crippen LogP contribution in [0.2, 0.25) is 0 Å². The van der Waals surface area contributed by atoms with E-state index in [0.29, 0.717) is 0 Å². The molecule has 0 bridgehead atoms. The number of hydrogen-bond donors (Lipinski definition) is 1. The Bertz CT molecular complexity index is 122. The first-order valence-electron chi connectivity index (χ1n) is 4.29. The molecule has 0 aromatic carbocycles. The van der Waals surface area contributed by atoms with Crippen LogP contribution < -0.4 is 5.32 Å². The molecule has 0 aliphatic carbocycles. The van der Waals surface area contributed by atoms with Crippen LogP contribution in [0.1, 0.15) is 12.8 Å². The van der Waals surface area contributed by atoms with Crippen LogP contribution in [0, 0.1) is 5.92 Å². The Hall–Kier alpha value is -0.0800. The third-order valence-electron chi connectivity index (χ3n) is 2.99. The van der Waals surface area contributed by atoms with Crippen molar-refractivity contribution >= 4 is 0 Å². The van der Waals surface area contributed by atoms with Crippen LogP contribution >= 0.6 is 0 Å². The lowest BCUT2D eigenvalue weighted by Crippen LogP contribution is -2.42. The molecule has 2 atom stereocenters. The molecule has 2 heteroatoms. The largest absolute Gasteiger partial charge is 0.316 e. The summed E-state index contributed by atoms with van der Waals surface area (Å²) in [5.74, 6) is 0.957. The van der Waals surface area contributed by atoms with Crippen LogP contribution in [0.3, 0.4) is 0 Å². The predicted octanol–water partition coefficient (Wildman–Crippen LogP) is 0.300. The fraction of sp³-hybridized carbons (Fsp3) is 1.00. The van der Waals surface area contributed by atoms with Gasteiger partial charge in [0.2, 0.25) is 0 Å². The second kappa shape index (κ2) is 2.51. The molecule has 0 unspecified atom stereocenters. The number of piperidine rings is 1. The zero-order valence-electron chi connectivity index (χ0n) is 6.64. The lowest BCUT2D eigenvalue weighted by atomic mass is 9.94. The third kappa shape index (κ3) is 0.956. The Kier molecular flexibility index (Phi) is 1.66. The second-order valence-electron chi connectivity index (χ2n) is 3.59. The van der Waals surface area contributed by atoms with E-state index in [2.05, 4.69) is 17.3 Å². The maximum atomic E-state index is 3.45. The van der Waals surface area contributed by atoms with Crippen molar-refractivity contribution in [3.8, 4) is 0 Å². The molecule has 0 aromatic heterocycles. The first-order chi connectivity index (χ1) is 4.88. The van der Waals surface area contributed by atoms with E-state index in [-0.39, 0.29) is 0 Å². The normalized spacial score (nSPS) is 41.7. The molecular formula is C8H16N2. The highest BCUT2D eigenvalue weighted by Crippen LogP contribution is 2.26. The molecular weight excluding hydrogens is 124 g/mol. The van der Waals surface area contributed by atoms with Gasteiger partial charge in [0, 0.05) is 6.04 Å². The zero-order chi connectivity index (χ0) is 6.97.